The van der Waals surface area contributed by atoms with E-state index in [1.807, 2.05) is 0 Å². The summed E-state index contributed by atoms with van der Waals surface area (Å²) in [5.41, 5.74) is -1.29. The highest BCUT2D eigenvalue weighted by atomic mass is 19.4. The van der Waals surface area contributed by atoms with E-state index in [0.717, 1.165) is 12.2 Å². The van der Waals surface area contributed by atoms with Crippen LogP contribution in [0.5, 0.6) is 0 Å². The fourth-order valence-electron chi connectivity index (χ4n) is 0.808. The van der Waals surface area contributed by atoms with Crippen molar-refractivity contribution in [2.24, 2.45) is 0 Å². The third kappa shape index (κ3) is 1.47. The molecule has 0 saturated heterocycles. The Morgan fingerprint density at radius 2 is 1.92 bits per heavy atom. The number of ketones is 1. The molecule has 0 saturated carbocycles. The molecule has 4 heteroatoms. The second kappa shape index (κ2) is 2.62. The molecule has 0 aromatic heterocycles. The molecular formula is C8H5F3O. The first-order valence-electron chi connectivity index (χ1n) is 3.12. The fourth-order valence-corrected chi connectivity index (χ4v) is 0.808. The molecule has 0 bridgehead atoms. The van der Waals surface area contributed by atoms with Gasteiger partial charge in [0, 0.05) is 5.57 Å². The number of hydrogen-bond donors (Lipinski definition) is 0. The molecule has 1 aliphatic rings. The molecule has 1 nitrogen and oxygen atoms in total. The number of allylic oxidation sites excluding steroid dienone is 5. The fraction of sp³-hybridized carbons (Fsp3) is 0.125. The quantitative estimate of drug-likeness (QED) is 0.514. The molecule has 12 heavy (non-hydrogen) atoms. The van der Waals surface area contributed by atoms with Gasteiger partial charge in [-0.3, -0.25) is 4.79 Å². The van der Waals surface area contributed by atoms with Crippen LogP contribution < -0.4 is 0 Å². The molecule has 0 unspecified atom stereocenters. The van der Waals surface area contributed by atoms with Gasteiger partial charge in [-0.25, -0.2) is 0 Å². The average Bonchev–Trinajstić information content (AvgIpc) is 1.92. The lowest BCUT2D eigenvalue weighted by Gasteiger charge is -2.12. The van der Waals surface area contributed by atoms with Gasteiger partial charge in [0.2, 0.25) is 0 Å². The van der Waals surface area contributed by atoms with Crippen LogP contribution in [0.25, 0.3) is 0 Å². The Kier molecular flexibility index (Phi) is 1.92. The van der Waals surface area contributed by atoms with Gasteiger partial charge in [0.15, 0.2) is 5.78 Å². The van der Waals surface area contributed by atoms with Crippen molar-refractivity contribution in [2.45, 2.75) is 6.18 Å². The summed E-state index contributed by atoms with van der Waals surface area (Å²) in [6.45, 7) is 3.18. The van der Waals surface area contributed by atoms with Gasteiger partial charge in [-0.1, -0.05) is 18.7 Å². The Hall–Kier alpha value is -1.32. The van der Waals surface area contributed by atoms with E-state index in [9.17, 15) is 18.0 Å². The topological polar surface area (TPSA) is 17.1 Å². The molecule has 1 aliphatic carbocycles. The van der Waals surface area contributed by atoms with Crippen LogP contribution in [0.4, 0.5) is 13.2 Å². The molecule has 0 spiro atoms. The maximum Gasteiger partial charge on any atom is 0.420 e. The smallest absolute Gasteiger partial charge is 0.289 e. The largest absolute Gasteiger partial charge is 0.420 e. The molecular weight excluding hydrogens is 169 g/mol. The van der Waals surface area contributed by atoms with Crippen LogP contribution in [0.15, 0.2) is 36.0 Å². The van der Waals surface area contributed by atoms with Gasteiger partial charge >= 0.3 is 6.18 Å². The maximum atomic E-state index is 12.0. The van der Waals surface area contributed by atoms with Crippen molar-refractivity contribution in [3.8, 4) is 0 Å². The molecule has 64 valence electrons. The number of hydrogen-bond acceptors (Lipinski definition) is 1. The molecule has 1 rings (SSSR count). The summed E-state index contributed by atoms with van der Waals surface area (Å²) in [5.74, 6) is -1.05. The Labute approximate surface area is 66.9 Å². The normalized spacial score (nSPS) is 18.1. The van der Waals surface area contributed by atoms with E-state index in [0.29, 0.717) is 0 Å². The maximum absolute atomic E-state index is 12.0. The Morgan fingerprint density at radius 3 is 2.33 bits per heavy atom. The molecule has 0 radical (unpaired) electrons. The lowest BCUT2D eigenvalue weighted by atomic mass is 9.99. The lowest BCUT2D eigenvalue weighted by molar-refractivity contribution is -0.125. The highest BCUT2D eigenvalue weighted by Gasteiger charge is 2.39. The third-order valence-electron chi connectivity index (χ3n) is 1.40. The molecule has 0 fully saturated rings. The molecule has 0 amide bonds. The van der Waals surface area contributed by atoms with E-state index in [2.05, 4.69) is 6.58 Å². The first-order valence-corrected chi connectivity index (χ1v) is 3.12. The van der Waals surface area contributed by atoms with Crippen molar-refractivity contribution < 1.29 is 18.0 Å². The molecule has 0 N–H and O–H groups in total. The second-order valence-electron chi connectivity index (χ2n) is 2.29. The number of rotatable bonds is 0. The first kappa shape index (κ1) is 8.77. The van der Waals surface area contributed by atoms with Gasteiger partial charge in [0.1, 0.15) is 5.57 Å². The highest BCUT2D eigenvalue weighted by molar-refractivity contribution is 6.11. The zero-order valence-corrected chi connectivity index (χ0v) is 5.98. The summed E-state index contributed by atoms with van der Waals surface area (Å²) in [6, 6.07) is 0. The van der Waals surface area contributed by atoms with Crippen LogP contribution in [0.3, 0.4) is 0 Å². The van der Waals surface area contributed by atoms with Crippen molar-refractivity contribution in [3.63, 3.8) is 0 Å². The van der Waals surface area contributed by atoms with Crippen LogP contribution in [0.2, 0.25) is 0 Å². The van der Waals surface area contributed by atoms with E-state index in [1.165, 1.54) is 6.08 Å². The molecule has 0 heterocycles. The number of carbonyl (C=O) groups excluding carboxylic acids is 1. The van der Waals surface area contributed by atoms with Gasteiger partial charge in [0.05, 0.1) is 0 Å². The van der Waals surface area contributed by atoms with Crippen LogP contribution >= 0.6 is 0 Å². The zero-order chi connectivity index (χ0) is 9.35. The van der Waals surface area contributed by atoms with E-state index in [4.69, 9.17) is 0 Å². The van der Waals surface area contributed by atoms with Gasteiger partial charge in [0.25, 0.3) is 0 Å². The van der Waals surface area contributed by atoms with Crippen LogP contribution in [-0.4, -0.2) is 12.0 Å². The molecule has 0 atom stereocenters. The monoisotopic (exact) mass is 174 g/mol. The Bertz CT molecular complexity index is 294. The number of Topliss-reactive ketones (excluding diaryl/α,β-unsaturated/α-hetero) is 1. The predicted molar refractivity (Wildman–Crippen MR) is 37.4 cm³/mol. The molecule has 0 aromatic carbocycles. The summed E-state index contributed by atoms with van der Waals surface area (Å²) in [7, 11) is 0. The second-order valence-corrected chi connectivity index (χ2v) is 2.29. The Morgan fingerprint density at radius 1 is 1.33 bits per heavy atom. The minimum absolute atomic E-state index is 0.134. The standard InChI is InChI=1S/C8H5F3O/c1-5-3-2-4-6(7(5)12)8(9,10)11/h2-4H,1H2. The van der Waals surface area contributed by atoms with Crippen molar-refractivity contribution in [2.75, 3.05) is 0 Å². The van der Waals surface area contributed by atoms with Crippen molar-refractivity contribution in [1.29, 1.82) is 0 Å². The van der Waals surface area contributed by atoms with Gasteiger partial charge < -0.3 is 0 Å². The van der Waals surface area contributed by atoms with E-state index in [1.54, 1.807) is 0 Å². The van der Waals surface area contributed by atoms with E-state index in [-0.39, 0.29) is 5.57 Å². The van der Waals surface area contributed by atoms with Crippen molar-refractivity contribution >= 4 is 5.78 Å². The van der Waals surface area contributed by atoms with Crippen LogP contribution in [0.1, 0.15) is 0 Å². The summed E-state index contributed by atoms with van der Waals surface area (Å²) in [6.07, 6.45) is -1.42. The van der Waals surface area contributed by atoms with Crippen molar-refractivity contribution in [3.05, 3.63) is 36.0 Å². The van der Waals surface area contributed by atoms with E-state index < -0.39 is 17.5 Å². The zero-order valence-electron chi connectivity index (χ0n) is 5.98. The summed E-state index contributed by atoms with van der Waals surface area (Å²) in [4.78, 5) is 10.8. The van der Waals surface area contributed by atoms with Crippen LogP contribution in [0, 0.1) is 0 Å². The van der Waals surface area contributed by atoms with Gasteiger partial charge in [-0.15, -0.1) is 0 Å². The minimum atomic E-state index is -4.58. The number of carbonyl (C=O) groups is 1. The van der Waals surface area contributed by atoms with Crippen LogP contribution in [-0.2, 0) is 4.79 Å². The lowest BCUT2D eigenvalue weighted by Crippen LogP contribution is -2.21. The molecule has 0 aromatic rings. The average molecular weight is 174 g/mol. The van der Waals surface area contributed by atoms with Gasteiger partial charge in [-0.2, -0.15) is 13.2 Å². The SMILES string of the molecule is C=C1C=CC=C(C(F)(F)F)C1=O. The number of alkyl halides is 3. The third-order valence-corrected chi connectivity index (χ3v) is 1.40. The van der Waals surface area contributed by atoms with Crippen molar-refractivity contribution in [1.82, 2.24) is 0 Å². The molecule has 0 aliphatic heterocycles. The first-order chi connectivity index (χ1) is 5.43. The van der Waals surface area contributed by atoms with E-state index >= 15 is 0 Å². The summed E-state index contributed by atoms with van der Waals surface area (Å²) < 4.78 is 36.0. The summed E-state index contributed by atoms with van der Waals surface area (Å²) >= 11 is 0. The highest BCUT2D eigenvalue weighted by Crippen LogP contribution is 2.29. The van der Waals surface area contributed by atoms with Gasteiger partial charge in [-0.05, 0) is 6.08 Å². The Balaban J connectivity index is 3.07. The minimum Gasteiger partial charge on any atom is -0.289 e. The summed E-state index contributed by atoms with van der Waals surface area (Å²) in [5, 5.41) is 0. The predicted octanol–water partition coefficient (Wildman–Crippen LogP) is 2.17. The number of halogens is 3.